The molecule has 0 saturated carbocycles. The van der Waals surface area contributed by atoms with Crippen molar-refractivity contribution in [1.82, 2.24) is 16.0 Å². The van der Waals surface area contributed by atoms with E-state index in [0.29, 0.717) is 0 Å². The second-order valence-corrected chi connectivity index (χ2v) is 7.94. The Balaban J connectivity index is 5.34. The number of thiol groups is 1. The molecule has 4 atom stereocenters. The van der Waals surface area contributed by atoms with Gasteiger partial charge in [0.2, 0.25) is 17.7 Å². The van der Waals surface area contributed by atoms with E-state index in [0.717, 1.165) is 0 Å². The first-order chi connectivity index (χ1) is 13.8. The third-order valence-corrected chi connectivity index (χ3v) is 4.71. The summed E-state index contributed by atoms with van der Waals surface area (Å²) in [7, 11) is 0. The lowest BCUT2D eigenvalue weighted by Gasteiger charge is -2.25. The quantitative estimate of drug-likeness (QED) is 0.174. The molecule has 11 nitrogen and oxygen atoms in total. The Morgan fingerprint density at radius 3 is 1.73 bits per heavy atom. The average Bonchev–Trinajstić information content (AvgIpc) is 2.65. The van der Waals surface area contributed by atoms with Crippen molar-refractivity contribution in [2.24, 2.45) is 17.6 Å². The van der Waals surface area contributed by atoms with Gasteiger partial charge in [0.1, 0.15) is 18.1 Å². The first-order valence-corrected chi connectivity index (χ1v) is 10.2. The Bertz CT molecular complexity index is 642. The fourth-order valence-electron chi connectivity index (χ4n) is 2.34. The maximum Gasteiger partial charge on any atom is 0.326 e. The number of rotatable bonds is 13. The third kappa shape index (κ3) is 9.44. The molecule has 3 amide bonds. The zero-order valence-corrected chi connectivity index (χ0v) is 18.4. The fourth-order valence-corrected chi connectivity index (χ4v) is 2.60. The molecule has 0 aromatic carbocycles. The number of carboxylic acids is 2. The summed E-state index contributed by atoms with van der Waals surface area (Å²) < 4.78 is 0. The standard InChI is InChI=1S/C18H32N4O7S/c1-8(2)13(19)17(27)21-11(7-30)16(26)20-10(5-6-12(23)24)15(25)22-14(9(3)4)18(28)29/h8-11,13-14,30H,5-7,19H2,1-4H3,(H,20,26)(H,21,27)(H,22,25)(H,23,24)(H,28,29). The van der Waals surface area contributed by atoms with Gasteiger partial charge < -0.3 is 31.9 Å². The van der Waals surface area contributed by atoms with Crippen molar-refractivity contribution in [3.8, 4) is 0 Å². The molecule has 0 bridgehead atoms. The van der Waals surface area contributed by atoms with Crippen molar-refractivity contribution in [3.63, 3.8) is 0 Å². The molecule has 30 heavy (non-hydrogen) atoms. The predicted octanol–water partition coefficient (Wildman–Crippen LogP) is -1.04. The maximum absolute atomic E-state index is 12.6. The molecular weight excluding hydrogens is 416 g/mol. The van der Waals surface area contributed by atoms with Crippen LogP contribution in [0.2, 0.25) is 0 Å². The highest BCUT2D eigenvalue weighted by atomic mass is 32.1. The van der Waals surface area contributed by atoms with Gasteiger partial charge in [-0.25, -0.2) is 4.79 Å². The topological polar surface area (TPSA) is 188 Å². The van der Waals surface area contributed by atoms with Crippen LogP contribution in [0.5, 0.6) is 0 Å². The molecule has 7 N–H and O–H groups in total. The van der Waals surface area contributed by atoms with Crippen molar-refractivity contribution in [2.45, 2.75) is 64.7 Å². The minimum absolute atomic E-state index is 0.0978. The van der Waals surface area contributed by atoms with E-state index < -0.39 is 66.2 Å². The molecule has 0 fully saturated rings. The second-order valence-electron chi connectivity index (χ2n) is 7.58. The third-order valence-electron chi connectivity index (χ3n) is 4.35. The zero-order chi connectivity index (χ0) is 23.6. The molecule has 0 saturated heterocycles. The van der Waals surface area contributed by atoms with Crippen LogP contribution in [0.4, 0.5) is 0 Å². The number of carboxylic acid groups (broad SMARTS) is 2. The van der Waals surface area contributed by atoms with E-state index in [-0.39, 0.29) is 18.1 Å². The number of nitrogens with one attached hydrogen (secondary N) is 3. The highest BCUT2D eigenvalue weighted by Crippen LogP contribution is 2.06. The number of amides is 3. The van der Waals surface area contributed by atoms with Gasteiger partial charge in [-0.2, -0.15) is 12.6 Å². The maximum atomic E-state index is 12.6. The Hall–Kier alpha value is -2.34. The summed E-state index contributed by atoms with van der Waals surface area (Å²) in [6.45, 7) is 6.66. The van der Waals surface area contributed by atoms with Crippen LogP contribution in [0.3, 0.4) is 0 Å². The van der Waals surface area contributed by atoms with E-state index in [1.807, 2.05) is 0 Å². The molecule has 0 heterocycles. The Labute approximate surface area is 180 Å². The molecule has 0 aromatic rings. The predicted molar refractivity (Wildman–Crippen MR) is 112 cm³/mol. The molecule has 172 valence electrons. The van der Waals surface area contributed by atoms with Crippen molar-refractivity contribution in [3.05, 3.63) is 0 Å². The Kier molecular flexibility index (Phi) is 12.0. The largest absolute Gasteiger partial charge is 0.481 e. The molecular formula is C18H32N4O7S. The molecule has 12 heteroatoms. The van der Waals surface area contributed by atoms with Gasteiger partial charge in [-0.3, -0.25) is 19.2 Å². The summed E-state index contributed by atoms with van der Waals surface area (Å²) in [6, 6.07) is -4.50. The van der Waals surface area contributed by atoms with Crippen LogP contribution in [0.15, 0.2) is 0 Å². The van der Waals surface area contributed by atoms with Crippen LogP contribution in [0, 0.1) is 11.8 Å². The molecule has 0 aromatic heterocycles. The second kappa shape index (κ2) is 13.1. The monoisotopic (exact) mass is 448 g/mol. The number of nitrogens with two attached hydrogens (primary N) is 1. The van der Waals surface area contributed by atoms with Crippen LogP contribution in [-0.4, -0.2) is 69.8 Å². The number of carbonyl (C=O) groups excluding carboxylic acids is 3. The molecule has 0 aliphatic heterocycles. The van der Waals surface area contributed by atoms with Gasteiger partial charge in [0.15, 0.2) is 0 Å². The van der Waals surface area contributed by atoms with Crippen molar-refractivity contribution >= 4 is 42.3 Å². The molecule has 4 unspecified atom stereocenters. The number of hydrogen-bond acceptors (Lipinski definition) is 7. The Morgan fingerprint density at radius 2 is 1.33 bits per heavy atom. The molecule has 0 spiro atoms. The highest BCUT2D eigenvalue weighted by Gasteiger charge is 2.31. The summed E-state index contributed by atoms with van der Waals surface area (Å²) in [5.41, 5.74) is 5.75. The van der Waals surface area contributed by atoms with Gasteiger partial charge in [0.25, 0.3) is 0 Å². The first-order valence-electron chi connectivity index (χ1n) is 9.53. The number of aliphatic carboxylic acids is 2. The van der Waals surface area contributed by atoms with E-state index >= 15 is 0 Å². The molecule has 0 rings (SSSR count). The number of hydrogen-bond donors (Lipinski definition) is 7. The van der Waals surface area contributed by atoms with E-state index in [4.69, 9.17) is 10.8 Å². The van der Waals surface area contributed by atoms with Gasteiger partial charge in [0.05, 0.1) is 6.04 Å². The van der Waals surface area contributed by atoms with Crippen molar-refractivity contribution in [1.29, 1.82) is 0 Å². The van der Waals surface area contributed by atoms with Crippen molar-refractivity contribution < 1.29 is 34.2 Å². The van der Waals surface area contributed by atoms with Gasteiger partial charge in [-0.05, 0) is 18.3 Å². The minimum atomic E-state index is -1.31. The van der Waals surface area contributed by atoms with Gasteiger partial charge in [-0.15, -0.1) is 0 Å². The van der Waals surface area contributed by atoms with Crippen LogP contribution in [0.25, 0.3) is 0 Å². The highest BCUT2D eigenvalue weighted by molar-refractivity contribution is 7.80. The van der Waals surface area contributed by atoms with Crippen LogP contribution in [0.1, 0.15) is 40.5 Å². The normalized spacial score (nSPS) is 15.1. The SMILES string of the molecule is CC(C)C(N)C(=O)NC(CS)C(=O)NC(CCC(=O)O)C(=O)NC(C(=O)O)C(C)C. The molecule has 0 aliphatic carbocycles. The van der Waals surface area contributed by atoms with Crippen LogP contribution < -0.4 is 21.7 Å². The van der Waals surface area contributed by atoms with Crippen molar-refractivity contribution in [2.75, 3.05) is 5.75 Å². The number of carbonyl (C=O) groups is 5. The van der Waals surface area contributed by atoms with E-state index in [2.05, 4.69) is 28.6 Å². The van der Waals surface area contributed by atoms with Crippen LogP contribution in [-0.2, 0) is 24.0 Å². The van der Waals surface area contributed by atoms with Gasteiger partial charge in [-0.1, -0.05) is 27.7 Å². The van der Waals surface area contributed by atoms with E-state index in [1.54, 1.807) is 27.7 Å². The summed E-state index contributed by atoms with van der Waals surface area (Å²) in [5.74, 6) is -5.34. The summed E-state index contributed by atoms with van der Waals surface area (Å²) in [5, 5.41) is 25.2. The average molecular weight is 449 g/mol. The van der Waals surface area contributed by atoms with E-state index in [1.165, 1.54) is 0 Å². The van der Waals surface area contributed by atoms with Crippen LogP contribution >= 0.6 is 12.6 Å². The fraction of sp³-hybridized carbons (Fsp3) is 0.722. The van der Waals surface area contributed by atoms with Gasteiger partial charge in [0, 0.05) is 12.2 Å². The van der Waals surface area contributed by atoms with E-state index in [9.17, 15) is 29.1 Å². The van der Waals surface area contributed by atoms with Gasteiger partial charge >= 0.3 is 11.9 Å². The Morgan fingerprint density at radius 1 is 0.833 bits per heavy atom. The minimum Gasteiger partial charge on any atom is -0.481 e. The lowest BCUT2D eigenvalue weighted by Crippen LogP contribution is -2.58. The summed E-state index contributed by atoms with van der Waals surface area (Å²) >= 11 is 4.03. The smallest absolute Gasteiger partial charge is 0.326 e. The lowest BCUT2D eigenvalue weighted by molar-refractivity contribution is -0.144. The lowest BCUT2D eigenvalue weighted by atomic mass is 10.0. The summed E-state index contributed by atoms with van der Waals surface area (Å²) in [4.78, 5) is 59.4. The first kappa shape index (κ1) is 27.7. The molecule has 0 radical (unpaired) electrons. The summed E-state index contributed by atoms with van der Waals surface area (Å²) in [6.07, 6.45) is -0.704. The zero-order valence-electron chi connectivity index (χ0n) is 17.5. The molecule has 0 aliphatic rings.